The number of carbonyl (C=O) groups is 2. The molecule has 8 nitrogen and oxygen atoms in total. The van der Waals surface area contributed by atoms with Crippen LogP contribution >= 0.6 is 0 Å². The quantitative estimate of drug-likeness (QED) is 0.376. The normalized spacial score (nSPS) is 10.4. The Kier molecular flexibility index (Phi) is 13.7. The number of hydrogen-bond acceptors (Lipinski definition) is 6. The molecule has 1 amide bonds. The number of nitrogen functional groups attached to an aromatic ring is 1. The van der Waals surface area contributed by atoms with Crippen molar-refractivity contribution in [2.75, 3.05) is 18.9 Å². The Morgan fingerprint density at radius 3 is 2.33 bits per heavy atom. The third-order valence-electron chi connectivity index (χ3n) is 4.58. The molecule has 0 aliphatic carbocycles. The number of aromatic nitrogens is 1. The van der Waals surface area contributed by atoms with Crippen molar-refractivity contribution >= 4 is 28.5 Å². The summed E-state index contributed by atoms with van der Waals surface area (Å²) in [5.41, 5.74) is 12.0. The Morgan fingerprint density at radius 2 is 1.76 bits per heavy atom. The molecule has 6 N–H and O–H groups in total. The summed E-state index contributed by atoms with van der Waals surface area (Å²) < 4.78 is 5.94. The lowest BCUT2D eigenvalue weighted by Gasteiger charge is -2.27. The highest BCUT2D eigenvalue weighted by Crippen LogP contribution is 2.33. The van der Waals surface area contributed by atoms with Crippen LogP contribution in [-0.4, -0.2) is 40.7 Å². The van der Waals surface area contributed by atoms with Gasteiger partial charge in [-0.1, -0.05) is 40.2 Å². The van der Waals surface area contributed by atoms with E-state index in [9.17, 15) is 14.7 Å². The first-order chi connectivity index (χ1) is 15.7. The summed E-state index contributed by atoms with van der Waals surface area (Å²) in [4.78, 5) is 28.1. The molecule has 1 heterocycles. The van der Waals surface area contributed by atoms with E-state index in [1.807, 2.05) is 41.5 Å². The molecule has 0 aliphatic heterocycles. The molecule has 2 aromatic rings. The van der Waals surface area contributed by atoms with E-state index in [-0.39, 0.29) is 23.8 Å². The Labute approximate surface area is 198 Å². The number of pyridine rings is 1. The van der Waals surface area contributed by atoms with Crippen LogP contribution in [0.15, 0.2) is 18.2 Å². The van der Waals surface area contributed by atoms with Crippen molar-refractivity contribution in [3.05, 3.63) is 29.5 Å². The zero-order valence-electron chi connectivity index (χ0n) is 21.2. The molecule has 0 saturated carbocycles. The summed E-state index contributed by atoms with van der Waals surface area (Å²) in [5, 5.41) is 12.9. The van der Waals surface area contributed by atoms with Gasteiger partial charge in [0.05, 0.1) is 27.8 Å². The topological polar surface area (TPSA) is 141 Å². The predicted molar refractivity (Wildman–Crippen MR) is 136 cm³/mol. The molecule has 186 valence electrons. The Balaban J connectivity index is 0.00000242. The van der Waals surface area contributed by atoms with Gasteiger partial charge in [0.1, 0.15) is 17.9 Å². The number of nitrogens with zero attached hydrogens (tertiary/aromatic N) is 1. The lowest BCUT2D eigenvalue weighted by Crippen LogP contribution is -2.47. The molecule has 2 rings (SSSR count). The van der Waals surface area contributed by atoms with E-state index in [0.29, 0.717) is 35.3 Å². The molecule has 0 spiro atoms. The van der Waals surface area contributed by atoms with Crippen LogP contribution < -0.4 is 21.5 Å². The summed E-state index contributed by atoms with van der Waals surface area (Å²) in [6.45, 7) is 14.2. The summed E-state index contributed by atoms with van der Waals surface area (Å²) in [6, 6.07) is 5.24. The maximum absolute atomic E-state index is 12.2. The number of carboxylic acids is 1. The van der Waals surface area contributed by atoms with Crippen LogP contribution in [0.4, 0.5) is 5.69 Å². The minimum absolute atomic E-state index is 0.0291. The number of benzene rings is 1. The molecular formula is C25H42N4O4. The van der Waals surface area contributed by atoms with Gasteiger partial charge in [0.25, 0.3) is 0 Å². The van der Waals surface area contributed by atoms with Crippen molar-refractivity contribution in [2.45, 2.75) is 79.7 Å². The van der Waals surface area contributed by atoms with Gasteiger partial charge < -0.3 is 26.6 Å². The van der Waals surface area contributed by atoms with Crippen LogP contribution in [0.25, 0.3) is 10.9 Å². The Morgan fingerprint density at radius 1 is 1.12 bits per heavy atom. The first kappa shape index (κ1) is 30.1. The number of hydrogen-bond donors (Lipinski definition) is 4. The van der Waals surface area contributed by atoms with Crippen LogP contribution in [0.3, 0.4) is 0 Å². The lowest BCUT2D eigenvalue weighted by atomic mass is 10.0. The van der Waals surface area contributed by atoms with Crippen LogP contribution in [0.2, 0.25) is 0 Å². The largest absolute Gasteiger partial charge is 0.490 e. The van der Waals surface area contributed by atoms with E-state index in [0.717, 1.165) is 19.3 Å². The maximum Gasteiger partial charge on any atom is 0.339 e. The predicted octanol–water partition coefficient (Wildman–Crippen LogP) is 4.67. The fourth-order valence-corrected chi connectivity index (χ4v) is 3.17. The number of aromatic carboxylic acids is 1. The van der Waals surface area contributed by atoms with Gasteiger partial charge in [0.2, 0.25) is 5.91 Å². The zero-order valence-corrected chi connectivity index (χ0v) is 21.2. The van der Waals surface area contributed by atoms with Crippen molar-refractivity contribution in [3.8, 4) is 5.75 Å². The maximum atomic E-state index is 12.2. The highest BCUT2D eigenvalue weighted by molar-refractivity contribution is 6.06. The number of nitrogens with two attached hydrogens (primary N) is 2. The molecule has 0 saturated heterocycles. The van der Waals surface area contributed by atoms with Gasteiger partial charge in [0.15, 0.2) is 0 Å². The third kappa shape index (κ3) is 9.26. The summed E-state index contributed by atoms with van der Waals surface area (Å²) in [6.07, 6.45) is 3.07. The second kappa shape index (κ2) is 15.1. The number of rotatable bonds is 10. The average molecular weight is 463 g/mol. The third-order valence-corrected chi connectivity index (χ3v) is 4.58. The van der Waals surface area contributed by atoms with Gasteiger partial charge in [0, 0.05) is 6.42 Å². The van der Waals surface area contributed by atoms with Gasteiger partial charge in [-0.15, -0.1) is 0 Å². The van der Waals surface area contributed by atoms with Crippen molar-refractivity contribution in [1.82, 2.24) is 10.3 Å². The molecule has 0 radical (unpaired) electrons. The fraction of sp³-hybridized carbons (Fsp3) is 0.560. The molecule has 0 bridgehead atoms. The van der Waals surface area contributed by atoms with E-state index in [1.165, 1.54) is 0 Å². The summed E-state index contributed by atoms with van der Waals surface area (Å²) in [7, 11) is 0. The van der Waals surface area contributed by atoms with Crippen LogP contribution in [-0.2, 0) is 4.79 Å². The van der Waals surface area contributed by atoms with E-state index in [4.69, 9.17) is 16.2 Å². The number of aryl methyl sites for hydroxylation is 1. The van der Waals surface area contributed by atoms with Crippen molar-refractivity contribution < 1.29 is 19.4 Å². The van der Waals surface area contributed by atoms with Crippen molar-refractivity contribution in [3.63, 3.8) is 0 Å². The average Bonchev–Trinajstić information content (AvgIpc) is 2.77. The summed E-state index contributed by atoms with van der Waals surface area (Å²) >= 11 is 0. The first-order valence-electron chi connectivity index (χ1n) is 11.7. The standard InChI is InChI=1S/C21H30N4O4.2C2H6/c1-13-17(20(27)28)19(23)18-14(24-13)8-7-9-15(18)29-12-21(2,3)25-16(26)10-5-4-6-11-22;2*1-2/h7-9H,4-6,10-12,22H2,1-3H3,(H2,23,24)(H,25,26)(H,27,28);2*1-2H3. The van der Waals surface area contributed by atoms with Gasteiger partial charge in [-0.25, -0.2) is 4.79 Å². The number of fused-ring (bicyclic) bond motifs is 1. The van der Waals surface area contributed by atoms with Gasteiger partial charge in [-0.05, 0) is 52.3 Å². The van der Waals surface area contributed by atoms with Crippen molar-refractivity contribution in [1.29, 1.82) is 0 Å². The number of carbonyl (C=O) groups excluding carboxylic acids is 1. The second-order valence-corrected chi connectivity index (χ2v) is 7.76. The van der Waals surface area contributed by atoms with Crippen molar-refractivity contribution in [2.24, 2.45) is 5.73 Å². The minimum atomic E-state index is -1.13. The molecule has 0 atom stereocenters. The number of carboxylic acid groups (broad SMARTS) is 1. The Bertz CT molecular complexity index is 898. The number of nitrogens with one attached hydrogen (secondary N) is 1. The van der Waals surface area contributed by atoms with Crippen LogP contribution in [0, 0.1) is 6.92 Å². The van der Waals surface area contributed by atoms with E-state index >= 15 is 0 Å². The Hall–Kier alpha value is -2.87. The molecule has 1 aromatic carbocycles. The monoisotopic (exact) mass is 462 g/mol. The fourth-order valence-electron chi connectivity index (χ4n) is 3.17. The number of anilines is 1. The van der Waals surface area contributed by atoms with Crippen LogP contribution in [0.5, 0.6) is 5.75 Å². The van der Waals surface area contributed by atoms with E-state index in [1.54, 1.807) is 25.1 Å². The number of unbranched alkanes of at least 4 members (excludes halogenated alkanes) is 2. The highest BCUT2D eigenvalue weighted by atomic mass is 16.5. The van der Waals surface area contributed by atoms with E-state index in [2.05, 4.69) is 10.3 Å². The van der Waals surface area contributed by atoms with Crippen LogP contribution in [0.1, 0.15) is 83.3 Å². The second-order valence-electron chi connectivity index (χ2n) is 7.76. The molecule has 0 fully saturated rings. The molecule has 33 heavy (non-hydrogen) atoms. The smallest absolute Gasteiger partial charge is 0.339 e. The van der Waals surface area contributed by atoms with Gasteiger partial charge in [-0.2, -0.15) is 0 Å². The lowest BCUT2D eigenvalue weighted by molar-refractivity contribution is -0.123. The first-order valence-corrected chi connectivity index (χ1v) is 11.7. The summed E-state index contributed by atoms with van der Waals surface area (Å²) in [5.74, 6) is -0.745. The number of amides is 1. The molecule has 8 heteroatoms. The minimum Gasteiger partial charge on any atom is -0.490 e. The molecule has 0 unspecified atom stereocenters. The molecular weight excluding hydrogens is 420 g/mol. The van der Waals surface area contributed by atoms with Gasteiger partial charge >= 0.3 is 5.97 Å². The molecule has 0 aliphatic rings. The highest BCUT2D eigenvalue weighted by Gasteiger charge is 2.23. The van der Waals surface area contributed by atoms with E-state index < -0.39 is 11.5 Å². The van der Waals surface area contributed by atoms with Gasteiger partial charge in [-0.3, -0.25) is 9.78 Å². The zero-order chi connectivity index (χ0) is 25.6. The molecule has 1 aromatic heterocycles. The number of ether oxygens (including phenoxy) is 1. The SMILES string of the molecule is CC.CC.Cc1nc2cccc(OCC(C)(C)NC(=O)CCCCCN)c2c(N)c1C(=O)O.